The minimum atomic E-state index is -0.664. The number of ether oxygens (including phenoxy) is 2. The zero-order chi connectivity index (χ0) is 23.6. The van der Waals surface area contributed by atoms with Crippen molar-refractivity contribution in [3.63, 3.8) is 0 Å². The summed E-state index contributed by atoms with van der Waals surface area (Å²) in [5.74, 6) is -0.997. The minimum absolute atomic E-state index is 0.00476. The van der Waals surface area contributed by atoms with Crippen LogP contribution in [-0.2, 0) is 16.5 Å². The van der Waals surface area contributed by atoms with Crippen molar-refractivity contribution >= 4 is 18.0 Å². The third-order valence-electron chi connectivity index (χ3n) is 4.99. The first kappa shape index (κ1) is 23.4. The van der Waals surface area contributed by atoms with E-state index in [0.29, 0.717) is 37.8 Å². The highest BCUT2D eigenvalue weighted by Crippen LogP contribution is 2.29. The topological polar surface area (TPSA) is 103 Å². The summed E-state index contributed by atoms with van der Waals surface area (Å²) in [6, 6.07) is 0. The number of carbonyl (C=O) groups is 2. The number of aryl methyl sites for hydroxylation is 1. The Morgan fingerprint density at radius 3 is 2.44 bits per heavy atom. The van der Waals surface area contributed by atoms with Crippen molar-refractivity contribution in [3.05, 3.63) is 23.4 Å². The largest absolute Gasteiger partial charge is 0.461 e. The van der Waals surface area contributed by atoms with E-state index >= 15 is 0 Å². The summed E-state index contributed by atoms with van der Waals surface area (Å²) >= 11 is 0. The summed E-state index contributed by atoms with van der Waals surface area (Å²) in [6.45, 7) is 10.8. The first-order chi connectivity index (χ1) is 15.0. The first-order valence-corrected chi connectivity index (χ1v) is 10.5. The van der Waals surface area contributed by atoms with Crippen LogP contribution in [0.3, 0.4) is 0 Å². The zero-order valence-electron chi connectivity index (χ0n) is 19.3. The number of carbonyl (C=O) groups excluding carboxylic acids is 2. The van der Waals surface area contributed by atoms with E-state index < -0.39 is 17.4 Å². The van der Waals surface area contributed by atoms with Gasteiger partial charge in [-0.15, -0.1) is 0 Å². The second kappa shape index (κ2) is 9.09. The monoisotopic (exact) mass is 448 g/mol. The number of rotatable bonds is 4. The second-order valence-electron chi connectivity index (χ2n) is 8.47. The quantitative estimate of drug-likeness (QED) is 0.658. The Kier molecular flexibility index (Phi) is 6.65. The number of halogens is 1. The fraction of sp³-hybridized carbons (Fsp3) is 0.571. The van der Waals surface area contributed by atoms with Gasteiger partial charge in [0.2, 0.25) is 5.95 Å². The molecule has 11 heteroatoms. The van der Waals surface area contributed by atoms with Gasteiger partial charge in [0.05, 0.1) is 18.4 Å². The maximum atomic E-state index is 14.8. The fourth-order valence-corrected chi connectivity index (χ4v) is 3.34. The van der Waals surface area contributed by atoms with Crippen molar-refractivity contribution in [2.75, 3.05) is 37.7 Å². The Morgan fingerprint density at radius 2 is 1.84 bits per heavy atom. The van der Waals surface area contributed by atoms with Gasteiger partial charge in [-0.2, -0.15) is 5.10 Å². The van der Waals surface area contributed by atoms with E-state index in [9.17, 15) is 14.0 Å². The van der Waals surface area contributed by atoms with Gasteiger partial charge in [-0.1, -0.05) is 0 Å². The molecule has 0 aromatic carbocycles. The Morgan fingerprint density at radius 1 is 1.19 bits per heavy atom. The number of anilines is 1. The maximum absolute atomic E-state index is 14.8. The normalized spacial score (nSPS) is 14.5. The molecule has 0 N–H and O–H groups in total. The van der Waals surface area contributed by atoms with Gasteiger partial charge in [-0.05, 0) is 34.6 Å². The summed E-state index contributed by atoms with van der Waals surface area (Å²) in [5.41, 5.74) is 0.274. The minimum Gasteiger partial charge on any atom is -0.461 e. The number of hydrogen-bond donors (Lipinski definition) is 0. The van der Waals surface area contributed by atoms with Crippen LogP contribution in [0.2, 0.25) is 0 Å². The Labute approximate surface area is 186 Å². The van der Waals surface area contributed by atoms with Gasteiger partial charge in [0.15, 0.2) is 11.5 Å². The van der Waals surface area contributed by atoms with E-state index in [2.05, 4.69) is 15.1 Å². The summed E-state index contributed by atoms with van der Waals surface area (Å²) in [5, 5.41) is 4.19. The average Bonchev–Trinajstić information content (AvgIpc) is 3.02. The Balaban J connectivity index is 1.84. The number of aromatic nitrogens is 4. The molecule has 2 aromatic heterocycles. The van der Waals surface area contributed by atoms with Crippen molar-refractivity contribution in [2.24, 2.45) is 7.05 Å². The fourth-order valence-electron chi connectivity index (χ4n) is 3.34. The SMILES string of the molecule is CCOC(=O)c1nn(C)c(C)c1-c1nc(N2CCN(C(=O)OC(C)(C)C)CC2)ncc1F. The van der Waals surface area contributed by atoms with Crippen LogP contribution < -0.4 is 4.90 Å². The van der Waals surface area contributed by atoms with Crippen LogP contribution in [0.4, 0.5) is 15.1 Å². The molecule has 1 aliphatic rings. The lowest BCUT2D eigenvalue weighted by Crippen LogP contribution is -2.50. The number of esters is 1. The van der Waals surface area contributed by atoms with Gasteiger partial charge in [-0.25, -0.2) is 23.9 Å². The molecule has 3 heterocycles. The number of piperazine rings is 1. The summed E-state index contributed by atoms with van der Waals surface area (Å²) in [6.07, 6.45) is 0.710. The van der Waals surface area contributed by atoms with Crippen molar-refractivity contribution in [3.8, 4) is 11.3 Å². The molecule has 0 unspecified atom stereocenters. The first-order valence-electron chi connectivity index (χ1n) is 10.5. The van der Waals surface area contributed by atoms with Crippen LogP contribution in [-0.4, -0.2) is 75.1 Å². The molecule has 1 aliphatic heterocycles. The molecule has 0 bridgehead atoms. The lowest BCUT2D eigenvalue weighted by atomic mass is 10.1. The molecule has 0 spiro atoms. The van der Waals surface area contributed by atoms with Crippen LogP contribution in [0, 0.1) is 12.7 Å². The highest BCUT2D eigenvalue weighted by atomic mass is 19.1. The zero-order valence-corrected chi connectivity index (χ0v) is 19.3. The Bertz CT molecular complexity index is 1010. The van der Waals surface area contributed by atoms with Crippen LogP contribution in [0.1, 0.15) is 43.9 Å². The molecule has 0 aliphatic carbocycles. The van der Waals surface area contributed by atoms with Crippen molar-refractivity contribution in [2.45, 2.75) is 40.2 Å². The standard InChI is InChI=1S/C21H29FN6O4/c1-7-31-18(29)17-15(13(2)26(6)25-17)16-14(22)12-23-19(24-16)27-8-10-28(11-9-27)20(30)32-21(3,4)5/h12H,7-11H2,1-6H3. The van der Waals surface area contributed by atoms with Crippen molar-refractivity contribution in [1.82, 2.24) is 24.6 Å². The number of amides is 1. The summed E-state index contributed by atoms with van der Waals surface area (Å²) < 4.78 is 26.7. The van der Waals surface area contributed by atoms with Gasteiger partial charge in [-0.3, -0.25) is 4.68 Å². The van der Waals surface area contributed by atoms with Gasteiger partial charge in [0.1, 0.15) is 11.3 Å². The van der Waals surface area contributed by atoms with Crippen LogP contribution in [0.15, 0.2) is 6.20 Å². The second-order valence-corrected chi connectivity index (χ2v) is 8.47. The smallest absolute Gasteiger partial charge is 0.410 e. The lowest BCUT2D eigenvalue weighted by Gasteiger charge is -2.35. The van der Waals surface area contributed by atoms with Gasteiger partial charge < -0.3 is 19.3 Å². The summed E-state index contributed by atoms with van der Waals surface area (Å²) in [4.78, 5) is 36.7. The van der Waals surface area contributed by atoms with Crippen LogP contribution >= 0.6 is 0 Å². The molecular formula is C21H29FN6O4. The van der Waals surface area contributed by atoms with Crippen LogP contribution in [0.5, 0.6) is 0 Å². The number of nitrogens with zero attached hydrogens (tertiary/aromatic N) is 6. The molecule has 1 saturated heterocycles. The molecule has 1 fully saturated rings. The van der Waals surface area contributed by atoms with Gasteiger partial charge in [0.25, 0.3) is 0 Å². The number of hydrogen-bond acceptors (Lipinski definition) is 8. The van der Waals surface area contributed by atoms with Crippen LogP contribution in [0.25, 0.3) is 11.3 Å². The maximum Gasteiger partial charge on any atom is 0.410 e. The predicted octanol–water partition coefficient (Wildman–Crippen LogP) is 2.56. The molecule has 10 nitrogen and oxygen atoms in total. The highest BCUT2D eigenvalue weighted by molar-refractivity contribution is 5.95. The van der Waals surface area contributed by atoms with E-state index in [1.165, 1.54) is 4.68 Å². The van der Waals surface area contributed by atoms with E-state index in [4.69, 9.17) is 9.47 Å². The third-order valence-corrected chi connectivity index (χ3v) is 4.99. The van der Waals surface area contributed by atoms with Crippen molar-refractivity contribution in [1.29, 1.82) is 0 Å². The average molecular weight is 448 g/mol. The molecular weight excluding hydrogens is 419 g/mol. The molecule has 0 saturated carbocycles. The molecule has 174 valence electrons. The molecule has 2 aromatic rings. The Hall–Kier alpha value is -3.24. The van der Waals surface area contributed by atoms with Gasteiger partial charge in [0, 0.05) is 38.9 Å². The van der Waals surface area contributed by atoms with Crippen molar-refractivity contribution < 1.29 is 23.5 Å². The van der Waals surface area contributed by atoms with Gasteiger partial charge >= 0.3 is 12.1 Å². The third kappa shape index (κ3) is 4.97. The molecule has 3 rings (SSSR count). The molecule has 0 radical (unpaired) electrons. The van der Waals surface area contributed by atoms with E-state index in [0.717, 1.165) is 6.20 Å². The highest BCUT2D eigenvalue weighted by Gasteiger charge is 2.29. The van der Waals surface area contributed by atoms with E-state index in [1.807, 2.05) is 25.7 Å². The van der Waals surface area contributed by atoms with E-state index in [-0.39, 0.29) is 29.7 Å². The lowest BCUT2D eigenvalue weighted by molar-refractivity contribution is 0.0239. The van der Waals surface area contributed by atoms with E-state index in [1.54, 1.807) is 25.8 Å². The molecule has 0 atom stereocenters. The predicted molar refractivity (Wildman–Crippen MR) is 115 cm³/mol. The summed E-state index contributed by atoms with van der Waals surface area (Å²) in [7, 11) is 1.66. The molecule has 32 heavy (non-hydrogen) atoms. The molecule has 1 amide bonds.